The minimum atomic E-state index is -0.771. The van der Waals surface area contributed by atoms with Crippen LogP contribution in [0, 0.1) is 17.2 Å². The molecule has 0 spiro atoms. The standard InChI is InChI=1S/C19H24BrN3O2/c1-3-9-23-10-8-19(24-2)16(12-23)17(15(11-21)18(22)25-19)13-4-6-14(20)7-5-13/h4-7,16-17H,3,8-10,12,22H2,1-2H3/t16-,17+,19+/m0/s1. The lowest BCUT2D eigenvalue weighted by atomic mass is 9.72. The molecule has 3 atom stereocenters. The van der Waals surface area contributed by atoms with Crippen molar-refractivity contribution in [2.45, 2.75) is 31.5 Å². The smallest absolute Gasteiger partial charge is 0.218 e. The van der Waals surface area contributed by atoms with Crippen LogP contribution in [-0.4, -0.2) is 37.4 Å². The molecule has 1 saturated heterocycles. The van der Waals surface area contributed by atoms with Gasteiger partial charge in [-0.25, -0.2) is 0 Å². The first kappa shape index (κ1) is 18.2. The second kappa shape index (κ2) is 7.36. The number of benzene rings is 1. The van der Waals surface area contributed by atoms with E-state index in [0.29, 0.717) is 5.57 Å². The first-order valence-corrected chi connectivity index (χ1v) is 9.45. The summed E-state index contributed by atoms with van der Waals surface area (Å²) in [6.45, 7) is 4.94. The van der Waals surface area contributed by atoms with Crippen molar-refractivity contribution in [1.29, 1.82) is 5.26 Å². The van der Waals surface area contributed by atoms with Crippen molar-refractivity contribution in [1.82, 2.24) is 4.90 Å². The Hall–Kier alpha value is -1.55. The summed E-state index contributed by atoms with van der Waals surface area (Å²) in [4.78, 5) is 2.42. The fourth-order valence-corrected chi connectivity index (χ4v) is 4.36. The average molecular weight is 406 g/mol. The molecule has 0 saturated carbocycles. The summed E-state index contributed by atoms with van der Waals surface area (Å²) in [7, 11) is 1.67. The van der Waals surface area contributed by atoms with E-state index in [2.05, 4.69) is 33.8 Å². The number of ether oxygens (including phenoxy) is 2. The lowest BCUT2D eigenvalue weighted by Gasteiger charge is -2.51. The summed E-state index contributed by atoms with van der Waals surface area (Å²) in [5.41, 5.74) is 7.70. The van der Waals surface area contributed by atoms with E-state index in [1.807, 2.05) is 24.3 Å². The maximum absolute atomic E-state index is 9.73. The zero-order valence-corrected chi connectivity index (χ0v) is 16.3. The van der Waals surface area contributed by atoms with Crippen LogP contribution in [0.1, 0.15) is 31.2 Å². The molecule has 0 bridgehead atoms. The number of nitriles is 1. The van der Waals surface area contributed by atoms with E-state index in [1.165, 1.54) is 0 Å². The summed E-state index contributed by atoms with van der Waals surface area (Å²) < 4.78 is 12.9. The van der Waals surface area contributed by atoms with Crippen molar-refractivity contribution in [2.75, 3.05) is 26.7 Å². The van der Waals surface area contributed by atoms with Gasteiger partial charge < -0.3 is 20.1 Å². The lowest BCUT2D eigenvalue weighted by Crippen LogP contribution is -2.59. The Balaban J connectivity index is 2.07. The van der Waals surface area contributed by atoms with Gasteiger partial charge in [-0.2, -0.15) is 5.26 Å². The van der Waals surface area contributed by atoms with E-state index in [1.54, 1.807) is 7.11 Å². The number of methoxy groups -OCH3 is 1. The molecule has 5 nitrogen and oxygen atoms in total. The lowest BCUT2D eigenvalue weighted by molar-refractivity contribution is -0.266. The zero-order chi connectivity index (χ0) is 18.0. The second-order valence-electron chi connectivity index (χ2n) is 6.69. The summed E-state index contributed by atoms with van der Waals surface area (Å²) in [6.07, 6.45) is 1.83. The van der Waals surface area contributed by atoms with E-state index in [0.717, 1.165) is 42.5 Å². The Bertz CT molecular complexity index is 698. The highest BCUT2D eigenvalue weighted by Gasteiger charge is 2.54. The number of allylic oxidation sites excluding steroid dienone is 1. The molecule has 0 aliphatic carbocycles. The molecule has 0 amide bonds. The fourth-order valence-electron chi connectivity index (χ4n) is 4.10. The van der Waals surface area contributed by atoms with Gasteiger partial charge in [0.15, 0.2) is 0 Å². The molecule has 0 radical (unpaired) electrons. The fraction of sp³-hybridized carbons (Fsp3) is 0.526. The van der Waals surface area contributed by atoms with Crippen molar-refractivity contribution in [3.63, 3.8) is 0 Å². The molecular weight excluding hydrogens is 382 g/mol. The van der Waals surface area contributed by atoms with E-state index < -0.39 is 5.79 Å². The molecule has 6 heteroatoms. The number of fused-ring (bicyclic) bond motifs is 1. The van der Waals surface area contributed by atoms with Crippen molar-refractivity contribution in [2.24, 2.45) is 11.7 Å². The highest BCUT2D eigenvalue weighted by molar-refractivity contribution is 9.10. The van der Waals surface area contributed by atoms with Crippen LogP contribution < -0.4 is 5.73 Å². The van der Waals surface area contributed by atoms with Crippen LogP contribution in [0.2, 0.25) is 0 Å². The number of rotatable bonds is 4. The van der Waals surface area contributed by atoms with Gasteiger partial charge in [-0.05, 0) is 30.7 Å². The van der Waals surface area contributed by atoms with E-state index in [-0.39, 0.29) is 17.7 Å². The molecule has 3 rings (SSSR count). The Morgan fingerprint density at radius 2 is 2.16 bits per heavy atom. The maximum atomic E-state index is 9.73. The predicted octanol–water partition coefficient (Wildman–Crippen LogP) is 3.33. The van der Waals surface area contributed by atoms with Gasteiger partial charge in [-0.3, -0.25) is 0 Å². The van der Waals surface area contributed by atoms with Gasteiger partial charge >= 0.3 is 0 Å². The molecule has 25 heavy (non-hydrogen) atoms. The summed E-state index contributed by atoms with van der Waals surface area (Å²) in [5.74, 6) is -0.697. The molecule has 0 unspecified atom stereocenters. The second-order valence-corrected chi connectivity index (χ2v) is 7.61. The minimum absolute atomic E-state index is 0.0147. The molecule has 1 aromatic carbocycles. The average Bonchev–Trinajstić information content (AvgIpc) is 2.62. The van der Waals surface area contributed by atoms with Crippen LogP contribution in [0.3, 0.4) is 0 Å². The maximum Gasteiger partial charge on any atom is 0.218 e. The number of hydrogen-bond acceptors (Lipinski definition) is 5. The highest BCUT2D eigenvalue weighted by atomic mass is 79.9. The van der Waals surface area contributed by atoms with Crippen LogP contribution in [0.25, 0.3) is 0 Å². The molecule has 2 aliphatic heterocycles. The number of halogens is 1. The first-order valence-electron chi connectivity index (χ1n) is 8.66. The van der Waals surface area contributed by atoms with Gasteiger partial charge in [0.25, 0.3) is 0 Å². The van der Waals surface area contributed by atoms with Gasteiger partial charge in [0, 0.05) is 42.9 Å². The molecule has 134 valence electrons. The number of hydrogen-bond donors (Lipinski definition) is 1. The predicted molar refractivity (Wildman–Crippen MR) is 99.4 cm³/mol. The number of nitrogens with zero attached hydrogens (tertiary/aromatic N) is 2. The molecule has 2 aliphatic rings. The van der Waals surface area contributed by atoms with Crippen LogP contribution in [0.4, 0.5) is 0 Å². The third kappa shape index (κ3) is 3.29. The normalized spacial score (nSPS) is 29.7. The summed E-state index contributed by atoms with van der Waals surface area (Å²) in [5, 5.41) is 9.73. The Kier molecular flexibility index (Phi) is 5.38. The number of piperidine rings is 1. The topological polar surface area (TPSA) is 71.5 Å². The van der Waals surface area contributed by atoms with E-state index in [9.17, 15) is 5.26 Å². The number of nitrogens with two attached hydrogens (primary N) is 1. The molecule has 1 fully saturated rings. The number of likely N-dealkylation sites (tertiary alicyclic amines) is 1. The largest absolute Gasteiger partial charge is 0.446 e. The Morgan fingerprint density at radius 3 is 2.76 bits per heavy atom. The SMILES string of the molecule is CCCN1CC[C@@]2(OC)OC(N)=C(C#N)[C@@H](c3ccc(Br)cc3)[C@@H]2C1. The molecule has 0 aromatic heterocycles. The van der Waals surface area contributed by atoms with Crippen molar-refractivity contribution in [3.05, 3.63) is 45.8 Å². The van der Waals surface area contributed by atoms with Gasteiger partial charge in [-0.1, -0.05) is 35.0 Å². The van der Waals surface area contributed by atoms with Crippen LogP contribution in [0.5, 0.6) is 0 Å². The molecule has 2 heterocycles. The van der Waals surface area contributed by atoms with E-state index in [4.69, 9.17) is 15.2 Å². The van der Waals surface area contributed by atoms with Crippen molar-refractivity contribution >= 4 is 15.9 Å². The van der Waals surface area contributed by atoms with Crippen molar-refractivity contribution in [3.8, 4) is 6.07 Å². The third-order valence-electron chi connectivity index (χ3n) is 5.29. The monoisotopic (exact) mass is 405 g/mol. The first-order chi connectivity index (χ1) is 12.0. The Labute approximate surface area is 157 Å². The molecular formula is C19H24BrN3O2. The van der Waals surface area contributed by atoms with Crippen LogP contribution >= 0.6 is 15.9 Å². The highest BCUT2D eigenvalue weighted by Crippen LogP contribution is 2.49. The molecule has 2 N–H and O–H groups in total. The van der Waals surface area contributed by atoms with Crippen molar-refractivity contribution < 1.29 is 9.47 Å². The summed E-state index contributed by atoms with van der Waals surface area (Å²) >= 11 is 3.48. The summed E-state index contributed by atoms with van der Waals surface area (Å²) in [6, 6.07) is 10.4. The van der Waals surface area contributed by atoms with E-state index >= 15 is 0 Å². The van der Waals surface area contributed by atoms with Crippen LogP contribution in [-0.2, 0) is 9.47 Å². The van der Waals surface area contributed by atoms with Crippen LogP contribution in [0.15, 0.2) is 40.2 Å². The quantitative estimate of drug-likeness (QED) is 0.831. The zero-order valence-electron chi connectivity index (χ0n) is 14.7. The van der Waals surface area contributed by atoms with Gasteiger partial charge in [0.05, 0.1) is 5.57 Å². The van der Waals surface area contributed by atoms with Gasteiger partial charge in [0.2, 0.25) is 11.7 Å². The Morgan fingerprint density at radius 1 is 1.44 bits per heavy atom. The third-order valence-corrected chi connectivity index (χ3v) is 5.82. The van der Waals surface area contributed by atoms with Gasteiger partial charge in [-0.15, -0.1) is 0 Å². The molecule has 1 aromatic rings. The minimum Gasteiger partial charge on any atom is -0.446 e. The van der Waals surface area contributed by atoms with Gasteiger partial charge in [0.1, 0.15) is 6.07 Å².